The van der Waals surface area contributed by atoms with E-state index in [2.05, 4.69) is 6.58 Å². The second-order valence-electron chi connectivity index (χ2n) is 7.60. The van der Waals surface area contributed by atoms with Crippen molar-refractivity contribution in [3.05, 3.63) is 71.8 Å². The number of halogens is 6. The van der Waals surface area contributed by atoms with E-state index in [0.29, 0.717) is 0 Å². The number of aliphatic hydroxyl groups is 1. The summed E-state index contributed by atoms with van der Waals surface area (Å²) in [7, 11) is 0. The van der Waals surface area contributed by atoms with E-state index in [1.165, 1.54) is 31.2 Å². The lowest BCUT2D eigenvalue weighted by molar-refractivity contribution is -0.375. The molecule has 11 heteroatoms. The van der Waals surface area contributed by atoms with Crippen molar-refractivity contribution < 1.29 is 50.5 Å². The molecule has 0 heterocycles. The van der Waals surface area contributed by atoms with Gasteiger partial charge in [0.15, 0.2) is 0 Å². The first kappa shape index (κ1) is 26.0. The lowest BCUT2D eigenvalue weighted by Crippen LogP contribution is -2.54. The van der Waals surface area contributed by atoms with E-state index in [1.54, 1.807) is 0 Å². The summed E-state index contributed by atoms with van der Waals surface area (Å²) < 4.78 is 92.8. The first-order chi connectivity index (χ1) is 16.2. The summed E-state index contributed by atoms with van der Waals surface area (Å²) in [5.41, 5.74) is -6.88. The van der Waals surface area contributed by atoms with Crippen LogP contribution in [0.5, 0.6) is 0 Å². The van der Waals surface area contributed by atoms with Crippen LogP contribution in [0.2, 0.25) is 0 Å². The summed E-state index contributed by atoms with van der Waals surface area (Å²) in [6.45, 7) is 4.00. The minimum atomic E-state index is -6.13. The topological polar surface area (TPSA) is 72.8 Å². The molecular weight excluding hydrogens is 482 g/mol. The third-order valence-electron chi connectivity index (χ3n) is 5.22. The predicted molar refractivity (Wildman–Crippen MR) is 114 cm³/mol. The molecule has 0 atom stereocenters. The molecule has 0 aliphatic rings. The molecule has 0 unspecified atom stereocenters. The van der Waals surface area contributed by atoms with Gasteiger partial charge in [-0.1, -0.05) is 55.1 Å². The predicted octanol–water partition coefficient (Wildman–Crippen LogP) is 5.58. The van der Waals surface area contributed by atoms with E-state index in [1.807, 2.05) is 0 Å². The number of esters is 2. The van der Waals surface area contributed by atoms with Crippen LogP contribution in [-0.4, -0.2) is 42.6 Å². The number of carbonyl (C=O) groups is 2. The summed E-state index contributed by atoms with van der Waals surface area (Å²) in [6, 6.07) is 9.18. The van der Waals surface area contributed by atoms with Gasteiger partial charge in [0.1, 0.15) is 13.2 Å². The number of hydrogen-bond acceptors (Lipinski definition) is 5. The maximum absolute atomic E-state index is 13.8. The van der Waals surface area contributed by atoms with Crippen LogP contribution in [0.3, 0.4) is 0 Å². The second kappa shape index (κ2) is 9.21. The maximum Gasteiger partial charge on any atom is 0.430 e. The van der Waals surface area contributed by atoms with Crippen molar-refractivity contribution in [1.82, 2.24) is 0 Å². The molecule has 0 aliphatic heterocycles. The minimum absolute atomic E-state index is 0.103. The van der Waals surface area contributed by atoms with Crippen LogP contribution < -0.4 is 0 Å². The third kappa shape index (κ3) is 4.55. The molecule has 0 bridgehead atoms. The number of benzene rings is 3. The monoisotopic (exact) mass is 500 g/mol. The number of hydrogen-bond donors (Lipinski definition) is 1. The second-order valence-corrected chi connectivity index (χ2v) is 7.60. The zero-order chi connectivity index (χ0) is 26.2. The summed E-state index contributed by atoms with van der Waals surface area (Å²) in [5.74, 6) is -1.81. The first-order valence-electron chi connectivity index (χ1n) is 10.0. The molecule has 0 spiro atoms. The van der Waals surface area contributed by atoms with E-state index >= 15 is 0 Å². The number of carbonyl (C=O) groups excluding carboxylic acids is 2. The molecule has 35 heavy (non-hydrogen) atoms. The Bertz CT molecular complexity index is 1240. The summed E-state index contributed by atoms with van der Waals surface area (Å²) >= 11 is 0. The Morgan fingerprint density at radius 3 is 1.60 bits per heavy atom. The Labute approximate surface area is 194 Å². The Hall–Kier alpha value is -3.60. The van der Waals surface area contributed by atoms with Crippen molar-refractivity contribution >= 4 is 33.5 Å². The highest BCUT2D eigenvalue weighted by Gasteiger charge is 2.72. The van der Waals surface area contributed by atoms with Crippen molar-refractivity contribution in [2.24, 2.45) is 0 Å². The summed E-state index contributed by atoms with van der Waals surface area (Å²) in [4.78, 5) is 24.3. The highest BCUT2D eigenvalue weighted by molar-refractivity contribution is 6.18. The number of fused-ring (bicyclic) bond motifs is 2. The van der Waals surface area contributed by atoms with Gasteiger partial charge in [0.25, 0.3) is 5.60 Å². The Morgan fingerprint density at radius 2 is 1.20 bits per heavy atom. The first-order valence-corrected chi connectivity index (χ1v) is 10.0. The van der Waals surface area contributed by atoms with Crippen LogP contribution in [-0.2, 0) is 19.9 Å². The fourth-order valence-electron chi connectivity index (χ4n) is 3.65. The van der Waals surface area contributed by atoms with Crippen LogP contribution in [0.25, 0.3) is 21.5 Å². The highest BCUT2D eigenvalue weighted by Crippen LogP contribution is 2.54. The van der Waals surface area contributed by atoms with Crippen molar-refractivity contribution in [3.8, 4) is 0 Å². The molecule has 0 saturated heterocycles. The van der Waals surface area contributed by atoms with Crippen LogP contribution in [0, 0.1) is 0 Å². The van der Waals surface area contributed by atoms with Crippen LogP contribution in [0.4, 0.5) is 26.3 Å². The van der Waals surface area contributed by atoms with Gasteiger partial charge in [0.05, 0.1) is 5.56 Å². The fraction of sp³-hybridized carbons (Fsp3) is 0.250. The van der Waals surface area contributed by atoms with Gasteiger partial charge in [-0.2, -0.15) is 26.3 Å². The highest BCUT2D eigenvalue weighted by atomic mass is 19.4. The molecule has 0 fully saturated rings. The van der Waals surface area contributed by atoms with Crippen LogP contribution in [0.15, 0.2) is 60.7 Å². The van der Waals surface area contributed by atoms with Gasteiger partial charge in [0, 0.05) is 11.1 Å². The average Bonchev–Trinajstić information content (AvgIpc) is 2.77. The van der Waals surface area contributed by atoms with E-state index in [0.717, 1.165) is 24.3 Å². The number of ether oxygens (including phenoxy) is 2. The average molecular weight is 500 g/mol. The van der Waals surface area contributed by atoms with Gasteiger partial charge in [-0.05, 0) is 28.5 Å². The smallest absolute Gasteiger partial charge is 0.430 e. The van der Waals surface area contributed by atoms with E-state index in [-0.39, 0.29) is 28.5 Å². The normalized spacial score (nSPS) is 12.6. The van der Waals surface area contributed by atoms with Crippen LogP contribution in [0.1, 0.15) is 22.8 Å². The standard InChI is InChI=1S/C24H18F6O5/c1-13(2)20(31)34-11-12-35-21(32)18-14-7-3-5-9-16(14)19(17-10-6-4-8-15(17)18)22(33,23(25,26)27)24(28,29)30/h3-10,33H,1,11-12H2,2H3. The van der Waals surface area contributed by atoms with E-state index in [9.17, 15) is 41.0 Å². The summed E-state index contributed by atoms with van der Waals surface area (Å²) in [6.07, 6.45) is -12.3. The minimum Gasteiger partial charge on any atom is -0.459 e. The molecule has 3 rings (SSSR count). The molecule has 3 aromatic carbocycles. The van der Waals surface area contributed by atoms with Crippen molar-refractivity contribution in [2.45, 2.75) is 24.9 Å². The van der Waals surface area contributed by atoms with Gasteiger partial charge in [0.2, 0.25) is 0 Å². The largest absolute Gasteiger partial charge is 0.459 e. The fourth-order valence-corrected chi connectivity index (χ4v) is 3.65. The SMILES string of the molecule is C=C(C)C(=O)OCCOC(=O)c1c2ccccc2c(C(O)(C(F)(F)F)C(F)(F)F)c2ccccc12. The zero-order valence-electron chi connectivity index (χ0n) is 18.1. The molecule has 3 aromatic rings. The number of alkyl halides is 6. The molecule has 0 amide bonds. The van der Waals surface area contributed by atoms with E-state index in [4.69, 9.17) is 9.47 Å². The van der Waals surface area contributed by atoms with Gasteiger partial charge in [-0.3, -0.25) is 0 Å². The lowest BCUT2D eigenvalue weighted by atomic mass is 9.82. The molecule has 186 valence electrons. The molecular formula is C24H18F6O5. The van der Waals surface area contributed by atoms with Crippen molar-refractivity contribution in [1.29, 1.82) is 0 Å². The van der Waals surface area contributed by atoms with Gasteiger partial charge in [-0.15, -0.1) is 0 Å². The molecule has 0 radical (unpaired) electrons. The third-order valence-corrected chi connectivity index (χ3v) is 5.22. The van der Waals surface area contributed by atoms with Gasteiger partial charge in [-0.25, -0.2) is 9.59 Å². The molecule has 5 nitrogen and oxygen atoms in total. The summed E-state index contributed by atoms with van der Waals surface area (Å²) in [5, 5.41) is 8.37. The number of rotatable bonds is 6. The molecule has 0 aromatic heterocycles. The molecule has 1 N–H and O–H groups in total. The zero-order valence-corrected chi connectivity index (χ0v) is 18.1. The maximum atomic E-state index is 13.8. The van der Waals surface area contributed by atoms with Gasteiger partial charge >= 0.3 is 24.3 Å². The van der Waals surface area contributed by atoms with Gasteiger partial charge < -0.3 is 14.6 Å². The Kier molecular flexibility index (Phi) is 6.85. The Balaban J connectivity index is 2.23. The van der Waals surface area contributed by atoms with Crippen molar-refractivity contribution in [3.63, 3.8) is 0 Å². The van der Waals surface area contributed by atoms with E-state index < -0.39 is 52.8 Å². The van der Waals surface area contributed by atoms with Crippen molar-refractivity contribution in [2.75, 3.05) is 13.2 Å². The molecule has 0 aliphatic carbocycles. The quantitative estimate of drug-likeness (QED) is 0.157. The Morgan fingerprint density at radius 1 is 0.800 bits per heavy atom. The lowest BCUT2D eigenvalue weighted by Gasteiger charge is -2.34. The van der Waals surface area contributed by atoms with Crippen LogP contribution >= 0.6 is 0 Å². The molecule has 0 saturated carbocycles.